The molecule has 178 valence electrons. The number of piperazine rings is 1. The Morgan fingerprint density at radius 2 is 1.70 bits per heavy atom. The molecule has 11 heteroatoms. The summed E-state index contributed by atoms with van der Waals surface area (Å²) in [6.45, 7) is 5.85. The second-order valence-electron chi connectivity index (χ2n) is 8.45. The van der Waals surface area contributed by atoms with Gasteiger partial charge in [-0.2, -0.15) is 13.2 Å². The molecule has 0 spiro atoms. The molecule has 1 amide bonds. The third-order valence-corrected chi connectivity index (χ3v) is 6.59. The fourth-order valence-electron chi connectivity index (χ4n) is 4.38. The van der Waals surface area contributed by atoms with Crippen LogP contribution in [0.15, 0.2) is 24.3 Å². The highest BCUT2D eigenvalue weighted by molar-refractivity contribution is 6.30. The number of alkyl halides is 3. The van der Waals surface area contributed by atoms with E-state index >= 15 is 0 Å². The topological polar surface area (TPSA) is 72.8 Å². The van der Waals surface area contributed by atoms with Crippen molar-refractivity contribution in [3.8, 4) is 0 Å². The second kappa shape index (κ2) is 9.08. The summed E-state index contributed by atoms with van der Waals surface area (Å²) < 4.78 is 39.6. The zero-order chi connectivity index (χ0) is 23.9. The maximum atomic E-state index is 13.2. The number of rotatable bonds is 3. The number of halogens is 4. The molecule has 1 aromatic heterocycles. The number of amides is 1. The summed E-state index contributed by atoms with van der Waals surface area (Å²) in [6, 6.07) is 6.47. The maximum Gasteiger partial charge on any atom is 0.451 e. The van der Waals surface area contributed by atoms with Crippen LogP contribution in [0, 0.1) is 13.8 Å². The summed E-state index contributed by atoms with van der Waals surface area (Å²) in [5.41, 5.74) is 1.39. The van der Waals surface area contributed by atoms with E-state index in [0.717, 1.165) is 0 Å². The van der Waals surface area contributed by atoms with E-state index in [2.05, 4.69) is 14.9 Å². The SMILES string of the molecule is Cc1nc(C(F)(F)F)nc(N2C[C@@H](O)[C@H](N3CCN(C(=O)c4ccc(Cl)cc4)CC3)C2)c1C. The molecule has 0 bridgehead atoms. The van der Waals surface area contributed by atoms with Crippen LogP contribution in [0.2, 0.25) is 5.02 Å². The average molecular weight is 484 g/mol. The normalized spacial score (nSPS) is 22.2. The van der Waals surface area contributed by atoms with E-state index < -0.39 is 18.1 Å². The lowest BCUT2D eigenvalue weighted by molar-refractivity contribution is -0.145. The van der Waals surface area contributed by atoms with Gasteiger partial charge in [0.25, 0.3) is 5.91 Å². The molecule has 2 aromatic rings. The van der Waals surface area contributed by atoms with Crippen molar-refractivity contribution in [2.24, 2.45) is 0 Å². The van der Waals surface area contributed by atoms with Gasteiger partial charge in [0.2, 0.25) is 5.82 Å². The minimum absolute atomic E-state index is 0.0771. The molecular formula is C22H25ClF3N5O2. The number of carbonyl (C=O) groups excluding carboxylic acids is 1. The number of aromatic nitrogens is 2. The number of anilines is 1. The lowest BCUT2D eigenvalue weighted by Crippen LogP contribution is -2.54. The standard InChI is InChI=1S/C22H25ClF3N5O2/c1-13-14(2)27-21(22(24,25)26)28-19(13)31-11-17(18(32)12-31)29-7-9-30(10-8-29)20(33)15-3-5-16(23)6-4-15/h3-6,17-18,32H,7-12H2,1-2H3/t17-,18-/m1/s1. The number of carbonyl (C=O) groups is 1. The van der Waals surface area contributed by atoms with E-state index in [1.807, 2.05) is 0 Å². The first-order valence-corrected chi connectivity index (χ1v) is 11.1. The number of benzene rings is 1. The van der Waals surface area contributed by atoms with Crippen molar-refractivity contribution in [3.63, 3.8) is 0 Å². The van der Waals surface area contributed by atoms with E-state index in [4.69, 9.17) is 11.6 Å². The Hall–Kier alpha value is -2.43. The Bertz CT molecular complexity index is 1030. The molecule has 0 radical (unpaired) electrons. The molecule has 2 atom stereocenters. The molecule has 0 aliphatic carbocycles. The molecule has 2 aliphatic rings. The Morgan fingerprint density at radius 3 is 2.30 bits per heavy atom. The van der Waals surface area contributed by atoms with Crippen LogP contribution in [-0.2, 0) is 6.18 Å². The Morgan fingerprint density at radius 1 is 1.06 bits per heavy atom. The van der Waals surface area contributed by atoms with Gasteiger partial charge in [-0.3, -0.25) is 9.69 Å². The lowest BCUT2D eigenvalue weighted by Gasteiger charge is -2.38. The zero-order valence-electron chi connectivity index (χ0n) is 18.3. The van der Waals surface area contributed by atoms with Crippen LogP contribution in [-0.4, -0.2) is 82.2 Å². The summed E-state index contributed by atoms with van der Waals surface area (Å²) in [6.07, 6.45) is -5.38. The molecule has 3 heterocycles. The van der Waals surface area contributed by atoms with Crippen LogP contribution < -0.4 is 4.90 Å². The van der Waals surface area contributed by atoms with Crippen molar-refractivity contribution < 1.29 is 23.1 Å². The van der Waals surface area contributed by atoms with Crippen molar-refractivity contribution in [1.82, 2.24) is 19.8 Å². The molecule has 1 aromatic carbocycles. The molecule has 7 nitrogen and oxygen atoms in total. The minimum atomic E-state index is -4.64. The quantitative estimate of drug-likeness (QED) is 0.724. The van der Waals surface area contributed by atoms with Crippen LogP contribution in [0.1, 0.15) is 27.4 Å². The summed E-state index contributed by atoms with van der Waals surface area (Å²) in [5.74, 6) is -1.05. The first-order valence-electron chi connectivity index (χ1n) is 10.7. The van der Waals surface area contributed by atoms with Crippen LogP contribution >= 0.6 is 11.6 Å². The van der Waals surface area contributed by atoms with Gasteiger partial charge in [-0.15, -0.1) is 0 Å². The molecule has 2 fully saturated rings. The molecule has 2 aliphatic heterocycles. The highest BCUT2D eigenvalue weighted by Gasteiger charge is 2.40. The molecule has 0 saturated carbocycles. The molecule has 0 unspecified atom stereocenters. The third kappa shape index (κ3) is 4.92. The van der Waals surface area contributed by atoms with Crippen LogP contribution in [0.3, 0.4) is 0 Å². The van der Waals surface area contributed by atoms with Gasteiger partial charge in [0, 0.05) is 61.1 Å². The van der Waals surface area contributed by atoms with E-state index in [0.29, 0.717) is 48.9 Å². The van der Waals surface area contributed by atoms with Crippen molar-refractivity contribution >= 4 is 23.3 Å². The van der Waals surface area contributed by atoms with Crippen molar-refractivity contribution in [3.05, 3.63) is 51.9 Å². The van der Waals surface area contributed by atoms with Crippen LogP contribution in [0.25, 0.3) is 0 Å². The number of aliphatic hydroxyl groups excluding tert-OH is 1. The highest BCUT2D eigenvalue weighted by Crippen LogP contribution is 2.32. The number of β-amino-alcohol motifs (C(OH)–C–C–N with tert-alkyl or cyclic N) is 1. The highest BCUT2D eigenvalue weighted by atomic mass is 35.5. The van der Waals surface area contributed by atoms with Gasteiger partial charge in [-0.05, 0) is 38.1 Å². The predicted octanol–water partition coefficient (Wildman–Crippen LogP) is 2.77. The van der Waals surface area contributed by atoms with Crippen molar-refractivity contribution in [1.29, 1.82) is 0 Å². The van der Waals surface area contributed by atoms with Gasteiger partial charge < -0.3 is 14.9 Å². The summed E-state index contributed by atoms with van der Waals surface area (Å²) in [7, 11) is 0. The Labute approximate surface area is 194 Å². The zero-order valence-corrected chi connectivity index (χ0v) is 19.1. The van der Waals surface area contributed by atoms with Gasteiger partial charge in [-0.1, -0.05) is 11.6 Å². The van der Waals surface area contributed by atoms with Gasteiger partial charge >= 0.3 is 6.18 Å². The third-order valence-electron chi connectivity index (χ3n) is 6.34. The van der Waals surface area contributed by atoms with Crippen LogP contribution in [0.4, 0.5) is 19.0 Å². The second-order valence-corrected chi connectivity index (χ2v) is 8.89. The van der Waals surface area contributed by atoms with Crippen molar-refractivity contribution in [2.45, 2.75) is 32.2 Å². The molecular weight excluding hydrogens is 459 g/mol. The Kier molecular flexibility index (Phi) is 6.52. The minimum Gasteiger partial charge on any atom is -0.390 e. The summed E-state index contributed by atoms with van der Waals surface area (Å²) in [4.78, 5) is 25.6. The first kappa shape index (κ1) is 23.7. The van der Waals surface area contributed by atoms with E-state index in [-0.39, 0.29) is 30.0 Å². The fourth-order valence-corrected chi connectivity index (χ4v) is 4.51. The number of aliphatic hydroxyl groups is 1. The van der Waals surface area contributed by atoms with Gasteiger partial charge in [0.15, 0.2) is 0 Å². The number of hydrogen-bond donors (Lipinski definition) is 1. The maximum absolute atomic E-state index is 13.2. The lowest BCUT2D eigenvalue weighted by atomic mass is 10.1. The largest absolute Gasteiger partial charge is 0.451 e. The average Bonchev–Trinajstić information content (AvgIpc) is 3.16. The van der Waals surface area contributed by atoms with Crippen molar-refractivity contribution in [2.75, 3.05) is 44.2 Å². The molecule has 33 heavy (non-hydrogen) atoms. The Balaban J connectivity index is 1.43. The summed E-state index contributed by atoms with van der Waals surface area (Å²) >= 11 is 5.89. The monoisotopic (exact) mass is 483 g/mol. The van der Waals surface area contributed by atoms with E-state index in [9.17, 15) is 23.1 Å². The number of aryl methyl sites for hydroxylation is 1. The fraction of sp³-hybridized carbons (Fsp3) is 0.500. The van der Waals surface area contributed by atoms with Crippen LogP contribution in [0.5, 0.6) is 0 Å². The number of hydrogen-bond acceptors (Lipinski definition) is 6. The van der Waals surface area contributed by atoms with Gasteiger partial charge in [0.1, 0.15) is 5.82 Å². The smallest absolute Gasteiger partial charge is 0.390 e. The number of nitrogens with zero attached hydrogens (tertiary/aromatic N) is 5. The van der Waals surface area contributed by atoms with Gasteiger partial charge in [0.05, 0.1) is 12.1 Å². The summed E-state index contributed by atoms with van der Waals surface area (Å²) in [5, 5.41) is 11.3. The van der Waals surface area contributed by atoms with E-state index in [1.54, 1.807) is 41.0 Å². The molecule has 2 saturated heterocycles. The van der Waals surface area contributed by atoms with E-state index in [1.165, 1.54) is 6.92 Å². The van der Waals surface area contributed by atoms with Gasteiger partial charge in [-0.25, -0.2) is 9.97 Å². The predicted molar refractivity (Wildman–Crippen MR) is 117 cm³/mol. The first-order chi connectivity index (χ1) is 15.5. The molecule has 4 rings (SSSR count). The molecule has 1 N–H and O–H groups in total.